The van der Waals surface area contributed by atoms with Crippen LogP contribution in [0, 0.1) is 6.57 Å². The standard InChI is InChI=1S/C10H9NO2/c1-11-9-4-2-3-8(5-9)10-6-12-7-13-10/h2-5,10H,6-7H2. The van der Waals surface area contributed by atoms with Crippen molar-refractivity contribution in [1.29, 1.82) is 0 Å². The summed E-state index contributed by atoms with van der Waals surface area (Å²) in [4.78, 5) is 3.36. The SMILES string of the molecule is [C-]#[N+]c1cccc(C2COCO2)c1. The van der Waals surface area contributed by atoms with Gasteiger partial charge in [0, 0.05) is 0 Å². The largest absolute Gasteiger partial charge is 0.352 e. The molecule has 0 spiro atoms. The second kappa shape index (κ2) is 3.56. The molecule has 3 heteroatoms. The van der Waals surface area contributed by atoms with Crippen LogP contribution in [0.15, 0.2) is 24.3 Å². The van der Waals surface area contributed by atoms with Crippen LogP contribution in [0.5, 0.6) is 0 Å². The molecule has 0 N–H and O–H groups in total. The molecule has 1 aliphatic heterocycles. The molecule has 1 aromatic carbocycles. The third-order valence-corrected chi connectivity index (χ3v) is 1.99. The molecule has 0 aromatic heterocycles. The van der Waals surface area contributed by atoms with Gasteiger partial charge in [-0.15, -0.1) is 0 Å². The fraction of sp³-hybridized carbons (Fsp3) is 0.300. The molecule has 1 heterocycles. The minimum atomic E-state index is 0.00157. The number of hydrogen-bond acceptors (Lipinski definition) is 2. The molecule has 0 saturated carbocycles. The molecular weight excluding hydrogens is 166 g/mol. The van der Waals surface area contributed by atoms with Gasteiger partial charge in [0.25, 0.3) is 0 Å². The van der Waals surface area contributed by atoms with Crippen molar-refractivity contribution in [3.05, 3.63) is 41.2 Å². The van der Waals surface area contributed by atoms with E-state index in [1.165, 1.54) is 0 Å². The Balaban J connectivity index is 2.25. The van der Waals surface area contributed by atoms with Gasteiger partial charge in [-0.2, -0.15) is 0 Å². The lowest BCUT2D eigenvalue weighted by atomic mass is 10.1. The Kier molecular flexibility index (Phi) is 2.26. The summed E-state index contributed by atoms with van der Waals surface area (Å²) in [6, 6.07) is 7.44. The highest BCUT2D eigenvalue weighted by molar-refractivity contribution is 5.47. The summed E-state index contributed by atoms with van der Waals surface area (Å²) in [6.45, 7) is 7.80. The lowest BCUT2D eigenvalue weighted by Crippen LogP contribution is -1.98. The minimum absolute atomic E-state index is 0.00157. The van der Waals surface area contributed by atoms with Crippen molar-refractivity contribution >= 4 is 5.69 Å². The topological polar surface area (TPSA) is 22.8 Å². The van der Waals surface area contributed by atoms with E-state index >= 15 is 0 Å². The first-order chi connectivity index (χ1) is 6.40. The molecule has 1 atom stereocenters. The molecule has 0 amide bonds. The quantitative estimate of drug-likeness (QED) is 0.611. The average Bonchev–Trinajstić information content (AvgIpc) is 2.71. The van der Waals surface area contributed by atoms with Gasteiger partial charge in [-0.25, -0.2) is 4.85 Å². The monoisotopic (exact) mass is 175 g/mol. The normalized spacial score (nSPS) is 21.3. The van der Waals surface area contributed by atoms with Gasteiger partial charge in [0.15, 0.2) is 5.69 Å². The molecule has 3 nitrogen and oxygen atoms in total. The molecule has 1 fully saturated rings. The van der Waals surface area contributed by atoms with E-state index < -0.39 is 0 Å². The van der Waals surface area contributed by atoms with Crippen LogP contribution in [0.1, 0.15) is 11.7 Å². The highest BCUT2D eigenvalue weighted by Crippen LogP contribution is 2.25. The minimum Gasteiger partial charge on any atom is -0.352 e. The smallest absolute Gasteiger partial charge is 0.187 e. The molecule has 1 aromatic rings. The van der Waals surface area contributed by atoms with Crippen LogP contribution >= 0.6 is 0 Å². The van der Waals surface area contributed by atoms with E-state index in [0.29, 0.717) is 19.1 Å². The Morgan fingerprint density at radius 1 is 1.46 bits per heavy atom. The van der Waals surface area contributed by atoms with Gasteiger partial charge < -0.3 is 9.47 Å². The van der Waals surface area contributed by atoms with Gasteiger partial charge in [0.05, 0.1) is 13.2 Å². The first-order valence-corrected chi connectivity index (χ1v) is 4.07. The molecule has 1 saturated heterocycles. The van der Waals surface area contributed by atoms with E-state index in [1.807, 2.05) is 18.2 Å². The third kappa shape index (κ3) is 1.69. The maximum Gasteiger partial charge on any atom is 0.187 e. The highest BCUT2D eigenvalue weighted by Gasteiger charge is 2.17. The third-order valence-electron chi connectivity index (χ3n) is 1.99. The van der Waals surface area contributed by atoms with Crippen LogP contribution in [0.2, 0.25) is 0 Å². The van der Waals surface area contributed by atoms with Gasteiger partial charge >= 0.3 is 0 Å². The molecule has 0 bridgehead atoms. The zero-order chi connectivity index (χ0) is 9.10. The fourth-order valence-corrected chi connectivity index (χ4v) is 1.32. The molecule has 2 rings (SSSR count). The Labute approximate surface area is 76.7 Å². The van der Waals surface area contributed by atoms with E-state index in [0.717, 1.165) is 5.56 Å². The number of hydrogen-bond donors (Lipinski definition) is 0. The zero-order valence-electron chi connectivity index (χ0n) is 7.06. The number of benzene rings is 1. The fourth-order valence-electron chi connectivity index (χ4n) is 1.32. The van der Waals surface area contributed by atoms with Crippen molar-refractivity contribution in [3.8, 4) is 0 Å². The Bertz CT molecular complexity index is 337. The summed E-state index contributed by atoms with van der Waals surface area (Å²) >= 11 is 0. The average molecular weight is 175 g/mol. The zero-order valence-corrected chi connectivity index (χ0v) is 7.06. The molecule has 1 aliphatic rings. The second-order valence-electron chi connectivity index (χ2n) is 2.85. The number of ether oxygens (including phenoxy) is 2. The second-order valence-corrected chi connectivity index (χ2v) is 2.85. The van der Waals surface area contributed by atoms with E-state index in [2.05, 4.69) is 4.85 Å². The summed E-state index contributed by atoms with van der Waals surface area (Å²) < 4.78 is 10.4. The highest BCUT2D eigenvalue weighted by atomic mass is 16.7. The summed E-state index contributed by atoms with van der Waals surface area (Å²) in [5, 5.41) is 0. The van der Waals surface area contributed by atoms with Crippen molar-refractivity contribution < 1.29 is 9.47 Å². The lowest BCUT2D eigenvalue weighted by Gasteiger charge is -2.07. The van der Waals surface area contributed by atoms with Crippen LogP contribution in [-0.2, 0) is 9.47 Å². The van der Waals surface area contributed by atoms with Gasteiger partial charge in [-0.3, -0.25) is 0 Å². The van der Waals surface area contributed by atoms with Crippen LogP contribution in [0.25, 0.3) is 4.85 Å². The van der Waals surface area contributed by atoms with E-state index in [-0.39, 0.29) is 6.10 Å². The first kappa shape index (κ1) is 8.24. The predicted molar refractivity (Wildman–Crippen MR) is 47.3 cm³/mol. The van der Waals surface area contributed by atoms with Crippen molar-refractivity contribution in [2.24, 2.45) is 0 Å². The van der Waals surface area contributed by atoms with Crippen LogP contribution in [0.4, 0.5) is 5.69 Å². The Hall–Kier alpha value is -1.37. The van der Waals surface area contributed by atoms with Crippen molar-refractivity contribution in [2.75, 3.05) is 13.4 Å². The molecule has 66 valence electrons. The van der Waals surface area contributed by atoms with Crippen LogP contribution < -0.4 is 0 Å². The predicted octanol–water partition coefficient (Wildman–Crippen LogP) is 2.28. The van der Waals surface area contributed by atoms with Crippen molar-refractivity contribution in [1.82, 2.24) is 0 Å². The number of nitrogens with zero attached hydrogens (tertiary/aromatic N) is 1. The van der Waals surface area contributed by atoms with Gasteiger partial charge in [0.2, 0.25) is 0 Å². The summed E-state index contributed by atoms with van der Waals surface area (Å²) in [5.74, 6) is 0. The maximum atomic E-state index is 6.86. The van der Waals surface area contributed by atoms with E-state index in [9.17, 15) is 0 Å². The summed E-state index contributed by atoms with van der Waals surface area (Å²) in [5.41, 5.74) is 1.67. The van der Waals surface area contributed by atoms with Crippen LogP contribution in [-0.4, -0.2) is 13.4 Å². The Morgan fingerprint density at radius 2 is 2.38 bits per heavy atom. The van der Waals surface area contributed by atoms with Gasteiger partial charge in [-0.1, -0.05) is 24.3 Å². The molecule has 0 radical (unpaired) electrons. The van der Waals surface area contributed by atoms with Gasteiger partial charge in [0.1, 0.15) is 12.9 Å². The van der Waals surface area contributed by atoms with Gasteiger partial charge in [-0.05, 0) is 5.56 Å². The first-order valence-electron chi connectivity index (χ1n) is 4.07. The molecular formula is C10H9NO2. The summed E-state index contributed by atoms with van der Waals surface area (Å²) in [6.07, 6.45) is 0.00157. The lowest BCUT2D eigenvalue weighted by molar-refractivity contribution is 0.0466. The summed E-state index contributed by atoms with van der Waals surface area (Å²) in [7, 11) is 0. The van der Waals surface area contributed by atoms with Crippen molar-refractivity contribution in [3.63, 3.8) is 0 Å². The Morgan fingerprint density at radius 3 is 3.08 bits per heavy atom. The number of rotatable bonds is 1. The molecule has 13 heavy (non-hydrogen) atoms. The molecule has 1 unspecified atom stereocenters. The molecule has 0 aliphatic carbocycles. The van der Waals surface area contributed by atoms with E-state index in [1.54, 1.807) is 6.07 Å². The van der Waals surface area contributed by atoms with Crippen molar-refractivity contribution in [2.45, 2.75) is 6.10 Å². The maximum absolute atomic E-state index is 6.86. The van der Waals surface area contributed by atoms with Crippen LogP contribution in [0.3, 0.4) is 0 Å². The van der Waals surface area contributed by atoms with E-state index in [4.69, 9.17) is 16.0 Å².